The SMILES string of the molecule is C=C/C=C(\C=C/C)C(=NC)C1=CCCC=C1. The second-order valence-corrected chi connectivity index (χ2v) is 3.57. The highest BCUT2D eigenvalue weighted by molar-refractivity contribution is 6.15. The summed E-state index contributed by atoms with van der Waals surface area (Å²) in [5.74, 6) is 0. The maximum atomic E-state index is 4.38. The molecular formula is C15H19N. The zero-order valence-corrected chi connectivity index (χ0v) is 10.1. The molecule has 1 rings (SSSR count). The second kappa shape index (κ2) is 6.78. The molecule has 16 heavy (non-hydrogen) atoms. The van der Waals surface area contributed by atoms with Gasteiger partial charge in [0.05, 0.1) is 5.71 Å². The van der Waals surface area contributed by atoms with Gasteiger partial charge in [0.25, 0.3) is 0 Å². The highest BCUT2D eigenvalue weighted by Crippen LogP contribution is 2.17. The highest BCUT2D eigenvalue weighted by Gasteiger charge is 2.08. The summed E-state index contributed by atoms with van der Waals surface area (Å²) in [6, 6.07) is 0. The maximum absolute atomic E-state index is 4.38. The smallest absolute Gasteiger partial charge is 0.0712 e. The van der Waals surface area contributed by atoms with Crippen LogP contribution in [0, 0.1) is 0 Å². The first-order valence-electron chi connectivity index (χ1n) is 5.63. The first-order valence-corrected chi connectivity index (χ1v) is 5.63. The van der Waals surface area contributed by atoms with Crippen LogP contribution >= 0.6 is 0 Å². The summed E-state index contributed by atoms with van der Waals surface area (Å²) in [5, 5.41) is 0. The van der Waals surface area contributed by atoms with Crippen LogP contribution in [0.4, 0.5) is 0 Å². The Labute approximate surface area is 98.3 Å². The van der Waals surface area contributed by atoms with E-state index < -0.39 is 0 Å². The predicted octanol–water partition coefficient (Wildman–Crippen LogP) is 4.02. The summed E-state index contributed by atoms with van der Waals surface area (Å²) >= 11 is 0. The fourth-order valence-electron chi connectivity index (χ4n) is 1.73. The van der Waals surface area contributed by atoms with Gasteiger partial charge in [-0.25, -0.2) is 0 Å². The van der Waals surface area contributed by atoms with Gasteiger partial charge in [-0.05, 0) is 30.9 Å². The van der Waals surface area contributed by atoms with Crippen molar-refractivity contribution in [2.45, 2.75) is 19.8 Å². The van der Waals surface area contributed by atoms with Crippen LogP contribution < -0.4 is 0 Å². The minimum Gasteiger partial charge on any atom is -0.287 e. The van der Waals surface area contributed by atoms with Crippen LogP contribution in [0.15, 0.2) is 65.2 Å². The van der Waals surface area contributed by atoms with Gasteiger partial charge >= 0.3 is 0 Å². The van der Waals surface area contributed by atoms with Crippen LogP contribution in [0.2, 0.25) is 0 Å². The number of aliphatic imine (C=N–C) groups is 1. The van der Waals surface area contributed by atoms with E-state index in [0.717, 1.165) is 24.1 Å². The van der Waals surface area contributed by atoms with E-state index in [4.69, 9.17) is 0 Å². The van der Waals surface area contributed by atoms with E-state index in [0.29, 0.717) is 0 Å². The van der Waals surface area contributed by atoms with Crippen molar-refractivity contribution in [3.63, 3.8) is 0 Å². The topological polar surface area (TPSA) is 12.4 Å². The van der Waals surface area contributed by atoms with E-state index in [-0.39, 0.29) is 0 Å². The van der Waals surface area contributed by atoms with Gasteiger partial charge in [-0.3, -0.25) is 4.99 Å². The number of hydrogen-bond donors (Lipinski definition) is 0. The van der Waals surface area contributed by atoms with Gasteiger partial charge in [-0.2, -0.15) is 0 Å². The van der Waals surface area contributed by atoms with Crippen molar-refractivity contribution < 1.29 is 0 Å². The monoisotopic (exact) mass is 213 g/mol. The Kier molecular flexibility index (Phi) is 5.27. The molecule has 0 radical (unpaired) electrons. The summed E-state index contributed by atoms with van der Waals surface area (Å²) in [7, 11) is 1.83. The average Bonchev–Trinajstić information content (AvgIpc) is 2.32. The van der Waals surface area contributed by atoms with Crippen molar-refractivity contribution in [3.8, 4) is 0 Å². The van der Waals surface area contributed by atoms with Gasteiger partial charge in [-0.15, -0.1) is 0 Å². The third-order valence-corrected chi connectivity index (χ3v) is 2.41. The molecule has 0 unspecified atom stereocenters. The van der Waals surface area contributed by atoms with Crippen LogP contribution in [0.1, 0.15) is 19.8 Å². The molecule has 0 saturated heterocycles. The van der Waals surface area contributed by atoms with Crippen molar-refractivity contribution >= 4 is 5.71 Å². The largest absolute Gasteiger partial charge is 0.287 e. The number of nitrogens with zero attached hydrogens (tertiary/aromatic N) is 1. The van der Waals surface area contributed by atoms with Crippen molar-refractivity contribution in [2.75, 3.05) is 7.05 Å². The highest BCUT2D eigenvalue weighted by atomic mass is 14.7. The standard InChI is InChI=1S/C15H19N/c1-4-9-13(10-5-2)15(16-3)14-11-7-6-8-12-14/h4-5,7,9-12H,1,6,8H2,2-3H3/b10-5-,13-9+,16-15?. The molecule has 0 aromatic rings. The lowest BCUT2D eigenvalue weighted by atomic mass is 9.96. The van der Waals surface area contributed by atoms with Crippen molar-refractivity contribution in [1.82, 2.24) is 0 Å². The Hall–Kier alpha value is -1.63. The molecule has 1 aliphatic carbocycles. The lowest BCUT2D eigenvalue weighted by Gasteiger charge is -2.11. The molecule has 0 fully saturated rings. The predicted molar refractivity (Wildman–Crippen MR) is 72.9 cm³/mol. The summed E-state index contributed by atoms with van der Waals surface area (Å²) in [6.45, 7) is 5.75. The molecule has 0 bridgehead atoms. The van der Waals surface area contributed by atoms with Gasteiger partial charge in [0.15, 0.2) is 0 Å². The van der Waals surface area contributed by atoms with Gasteiger partial charge < -0.3 is 0 Å². The van der Waals surface area contributed by atoms with E-state index in [1.807, 2.05) is 26.1 Å². The van der Waals surface area contributed by atoms with Gasteiger partial charge in [0, 0.05) is 7.05 Å². The quantitative estimate of drug-likeness (QED) is 0.494. The molecule has 1 aliphatic rings. The Balaban J connectivity index is 3.05. The molecule has 0 spiro atoms. The van der Waals surface area contributed by atoms with Crippen molar-refractivity contribution in [3.05, 3.63) is 60.3 Å². The molecular weight excluding hydrogens is 194 g/mol. The van der Waals surface area contributed by atoms with Gasteiger partial charge in [-0.1, -0.05) is 49.1 Å². The summed E-state index contributed by atoms with van der Waals surface area (Å²) < 4.78 is 0. The van der Waals surface area contributed by atoms with Gasteiger partial charge in [0.1, 0.15) is 0 Å². The number of hydrogen-bond acceptors (Lipinski definition) is 1. The van der Waals surface area contributed by atoms with Crippen LogP contribution in [0.25, 0.3) is 0 Å². The maximum Gasteiger partial charge on any atom is 0.0712 e. The van der Waals surface area contributed by atoms with E-state index in [1.165, 1.54) is 5.57 Å². The van der Waals surface area contributed by atoms with Crippen LogP contribution in [-0.4, -0.2) is 12.8 Å². The van der Waals surface area contributed by atoms with Crippen molar-refractivity contribution in [2.24, 2.45) is 4.99 Å². The Morgan fingerprint density at radius 3 is 2.75 bits per heavy atom. The normalized spacial score (nSPS) is 17.8. The molecule has 0 N–H and O–H groups in total. The molecule has 0 atom stereocenters. The Bertz CT molecular complexity index is 390. The first-order chi connectivity index (χ1) is 7.83. The fraction of sp³-hybridized carbons (Fsp3) is 0.267. The van der Waals surface area contributed by atoms with E-state index in [9.17, 15) is 0 Å². The molecule has 0 amide bonds. The molecule has 0 aromatic heterocycles. The van der Waals surface area contributed by atoms with Crippen LogP contribution in [0.5, 0.6) is 0 Å². The number of allylic oxidation sites excluding steroid dienone is 9. The fourth-order valence-corrected chi connectivity index (χ4v) is 1.73. The van der Waals surface area contributed by atoms with Crippen molar-refractivity contribution in [1.29, 1.82) is 0 Å². The Morgan fingerprint density at radius 1 is 1.44 bits per heavy atom. The first kappa shape index (κ1) is 12.4. The zero-order valence-electron chi connectivity index (χ0n) is 10.1. The average molecular weight is 213 g/mol. The third kappa shape index (κ3) is 3.20. The molecule has 1 heteroatoms. The summed E-state index contributed by atoms with van der Waals surface area (Å²) in [5.41, 5.74) is 3.35. The zero-order chi connectivity index (χ0) is 11.8. The minimum atomic E-state index is 1.04. The molecule has 1 nitrogen and oxygen atoms in total. The molecule has 0 aromatic carbocycles. The Morgan fingerprint density at radius 2 is 2.25 bits per heavy atom. The minimum absolute atomic E-state index is 1.04. The van der Waals surface area contributed by atoms with E-state index in [2.05, 4.69) is 35.9 Å². The van der Waals surface area contributed by atoms with Crippen LogP contribution in [-0.2, 0) is 0 Å². The van der Waals surface area contributed by atoms with Crippen LogP contribution in [0.3, 0.4) is 0 Å². The van der Waals surface area contributed by atoms with Gasteiger partial charge in [0.2, 0.25) is 0 Å². The van der Waals surface area contributed by atoms with E-state index >= 15 is 0 Å². The molecule has 0 heterocycles. The lowest BCUT2D eigenvalue weighted by molar-refractivity contribution is 1.03. The number of rotatable bonds is 4. The molecule has 0 aliphatic heterocycles. The molecule has 84 valence electrons. The second-order valence-electron chi connectivity index (χ2n) is 3.57. The lowest BCUT2D eigenvalue weighted by Crippen LogP contribution is -2.05. The van der Waals surface area contributed by atoms with E-state index in [1.54, 1.807) is 6.08 Å². The molecule has 0 saturated carbocycles. The summed E-state index contributed by atoms with van der Waals surface area (Å²) in [4.78, 5) is 4.38. The third-order valence-electron chi connectivity index (χ3n) is 2.41. The summed E-state index contributed by atoms with van der Waals surface area (Å²) in [6.07, 6.45) is 16.7.